The van der Waals surface area contributed by atoms with Gasteiger partial charge in [0.2, 0.25) is 5.91 Å². The van der Waals surface area contributed by atoms with Crippen LogP contribution in [0.1, 0.15) is 25.7 Å². The number of carbonyl (C=O) groups is 1. The Hall–Kier alpha value is -1.26. The molecule has 5 nitrogen and oxygen atoms in total. The molecule has 0 spiro atoms. The van der Waals surface area contributed by atoms with E-state index in [9.17, 15) is 4.79 Å². The summed E-state index contributed by atoms with van der Waals surface area (Å²) in [6.45, 7) is 0.291. The van der Waals surface area contributed by atoms with Crippen molar-refractivity contribution in [1.82, 2.24) is 15.5 Å². The van der Waals surface area contributed by atoms with Crippen molar-refractivity contribution in [3.63, 3.8) is 0 Å². The van der Waals surface area contributed by atoms with Gasteiger partial charge in [-0.05, 0) is 12.8 Å². The van der Waals surface area contributed by atoms with Gasteiger partial charge >= 0.3 is 0 Å². The quantitative estimate of drug-likeness (QED) is 0.533. The lowest BCUT2D eigenvalue weighted by molar-refractivity contribution is -0.127. The Balaban J connectivity index is 2.29. The number of carbonyl (C=O) groups excluding carboxylic acids is 1. The van der Waals surface area contributed by atoms with Gasteiger partial charge in [0.25, 0.3) is 0 Å². The van der Waals surface area contributed by atoms with Crippen molar-refractivity contribution >= 4 is 11.9 Å². The molecule has 0 aromatic heterocycles. The van der Waals surface area contributed by atoms with E-state index in [0.29, 0.717) is 12.6 Å². The van der Waals surface area contributed by atoms with E-state index in [0.717, 1.165) is 5.96 Å². The number of amides is 1. The highest BCUT2D eigenvalue weighted by molar-refractivity contribution is 5.86. The number of nitrogens with one attached hydrogen (secondary N) is 2. The number of rotatable bonds is 3. The highest BCUT2D eigenvalue weighted by atomic mass is 16.2. The van der Waals surface area contributed by atoms with Crippen LogP contribution in [0.25, 0.3) is 0 Å². The summed E-state index contributed by atoms with van der Waals surface area (Å²) in [6.07, 6.45) is 4.96. The topological polar surface area (TPSA) is 56.7 Å². The van der Waals surface area contributed by atoms with Crippen molar-refractivity contribution in [2.24, 2.45) is 4.99 Å². The van der Waals surface area contributed by atoms with Crippen molar-refractivity contribution in [3.05, 3.63) is 0 Å². The lowest BCUT2D eigenvalue weighted by Gasteiger charge is -2.17. The van der Waals surface area contributed by atoms with Crippen LogP contribution in [-0.4, -0.2) is 50.5 Å². The van der Waals surface area contributed by atoms with Crippen LogP contribution in [0.3, 0.4) is 0 Å². The van der Waals surface area contributed by atoms with E-state index in [2.05, 4.69) is 15.6 Å². The molecule has 0 aromatic carbocycles. The summed E-state index contributed by atoms with van der Waals surface area (Å²) in [5, 5.41) is 6.35. The summed E-state index contributed by atoms with van der Waals surface area (Å²) in [5.41, 5.74) is 0. The fraction of sp³-hybridized carbons (Fsp3) is 0.818. The van der Waals surface area contributed by atoms with Crippen molar-refractivity contribution in [1.29, 1.82) is 0 Å². The van der Waals surface area contributed by atoms with Crippen molar-refractivity contribution in [3.8, 4) is 0 Å². The summed E-state index contributed by atoms with van der Waals surface area (Å²) in [4.78, 5) is 17.1. The summed E-state index contributed by atoms with van der Waals surface area (Å²) < 4.78 is 0. The molecule has 0 bridgehead atoms. The van der Waals surface area contributed by atoms with Crippen LogP contribution in [-0.2, 0) is 4.79 Å². The largest absolute Gasteiger partial charge is 0.354 e. The molecule has 92 valence electrons. The molecule has 1 fully saturated rings. The maximum atomic E-state index is 11.4. The molecule has 2 N–H and O–H groups in total. The third kappa shape index (κ3) is 4.08. The molecule has 16 heavy (non-hydrogen) atoms. The number of likely N-dealkylation sites (N-methyl/N-ethyl adjacent to an activating group) is 1. The standard InChI is InChI=1S/C11H22N4O/c1-12-11(13-8-10(16)15(2)3)14-9-6-4-5-7-9/h9H,4-8H2,1-3H3,(H2,12,13,14). The molecule has 0 saturated heterocycles. The van der Waals surface area contributed by atoms with Crippen molar-refractivity contribution in [2.45, 2.75) is 31.7 Å². The van der Waals surface area contributed by atoms with Crippen LogP contribution in [0, 0.1) is 0 Å². The first kappa shape index (κ1) is 12.8. The van der Waals surface area contributed by atoms with Crippen LogP contribution >= 0.6 is 0 Å². The average Bonchev–Trinajstić information content (AvgIpc) is 2.76. The molecule has 1 amide bonds. The number of hydrogen-bond acceptors (Lipinski definition) is 2. The Morgan fingerprint density at radius 1 is 1.38 bits per heavy atom. The van der Waals surface area contributed by atoms with Crippen LogP contribution < -0.4 is 10.6 Å². The van der Waals surface area contributed by atoms with Crippen LogP contribution in [0.5, 0.6) is 0 Å². The second-order valence-corrected chi connectivity index (χ2v) is 4.34. The number of aliphatic imine (C=N–C) groups is 1. The number of nitrogens with zero attached hydrogens (tertiary/aromatic N) is 2. The van der Waals surface area contributed by atoms with E-state index in [1.807, 2.05) is 0 Å². The van der Waals surface area contributed by atoms with E-state index in [-0.39, 0.29) is 5.91 Å². The molecule has 0 unspecified atom stereocenters. The fourth-order valence-corrected chi connectivity index (χ4v) is 1.78. The van der Waals surface area contributed by atoms with E-state index >= 15 is 0 Å². The zero-order valence-corrected chi connectivity index (χ0v) is 10.4. The Morgan fingerprint density at radius 3 is 2.50 bits per heavy atom. The first-order chi connectivity index (χ1) is 7.63. The molecule has 5 heteroatoms. The highest BCUT2D eigenvalue weighted by Gasteiger charge is 2.16. The average molecular weight is 226 g/mol. The molecule has 1 saturated carbocycles. The van der Waals surface area contributed by atoms with Gasteiger partial charge in [0.05, 0.1) is 6.54 Å². The first-order valence-corrected chi connectivity index (χ1v) is 5.81. The van der Waals surface area contributed by atoms with Gasteiger partial charge in [-0.3, -0.25) is 9.79 Å². The fourth-order valence-electron chi connectivity index (χ4n) is 1.78. The maximum Gasteiger partial charge on any atom is 0.241 e. The van der Waals surface area contributed by atoms with Crippen LogP contribution in [0.15, 0.2) is 4.99 Å². The second-order valence-electron chi connectivity index (χ2n) is 4.34. The van der Waals surface area contributed by atoms with Gasteiger partial charge in [-0.25, -0.2) is 0 Å². The number of hydrogen-bond donors (Lipinski definition) is 2. The summed E-state index contributed by atoms with van der Waals surface area (Å²) in [6, 6.07) is 0.514. The third-order valence-corrected chi connectivity index (χ3v) is 2.83. The zero-order chi connectivity index (χ0) is 12.0. The lowest BCUT2D eigenvalue weighted by Crippen LogP contribution is -2.45. The molecular formula is C11H22N4O. The summed E-state index contributed by atoms with van der Waals surface area (Å²) >= 11 is 0. The van der Waals surface area contributed by atoms with E-state index in [1.54, 1.807) is 26.0 Å². The Labute approximate surface area is 97.3 Å². The minimum absolute atomic E-state index is 0.0503. The zero-order valence-electron chi connectivity index (χ0n) is 10.4. The molecule has 1 rings (SSSR count). The minimum atomic E-state index is 0.0503. The molecular weight excluding hydrogens is 204 g/mol. The molecule has 0 aromatic rings. The lowest BCUT2D eigenvalue weighted by atomic mass is 10.2. The Bertz CT molecular complexity index is 257. The monoisotopic (exact) mass is 226 g/mol. The summed E-state index contributed by atoms with van der Waals surface area (Å²) in [5.74, 6) is 0.775. The summed E-state index contributed by atoms with van der Waals surface area (Å²) in [7, 11) is 5.22. The smallest absolute Gasteiger partial charge is 0.241 e. The van der Waals surface area contributed by atoms with Crippen molar-refractivity contribution < 1.29 is 4.79 Å². The maximum absolute atomic E-state index is 11.4. The van der Waals surface area contributed by atoms with Gasteiger partial charge in [0.1, 0.15) is 0 Å². The molecule has 0 atom stereocenters. The molecule has 0 aliphatic heterocycles. The predicted molar refractivity (Wildman–Crippen MR) is 65.4 cm³/mol. The normalized spacial score (nSPS) is 17.3. The van der Waals surface area contributed by atoms with Gasteiger partial charge < -0.3 is 15.5 Å². The number of guanidine groups is 1. The predicted octanol–water partition coefficient (Wildman–Crippen LogP) is 0.182. The SMILES string of the molecule is CN=C(NCC(=O)N(C)C)NC1CCCC1. The minimum Gasteiger partial charge on any atom is -0.354 e. The Morgan fingerprint density at radius 2 is 2.00 bits per heavy atom. The van der Waals surface area contributed by atoms with E-state index in [4.69, 9.17) is 0 Å². The third-order valence-electron chi connectivity index (χ3n) is 2.83. The van der Waals surface area contributed by atoms with Crippen molar-refractivity contribution in [2.75, 3.05) is 27.7 Å². The Kier molecular flexibility index (Phi) is 5.08. The van der Waals surface area contributed by atoms with E-state index < -0.39 is 0 Å². The van der Waals surface area contributed by atoms with E-state index in [1.165, 1.54) is 25.7 Å². The highest BCUT2D eigenvalue weighted by Crippen LogP contribution is 2.17. The molecule has 0 radical (unpaired) electrons. The van der Waals surface area contributed by atoms with Gasteiger partial charge in [-0.2, -0.15) is 0 Å². The first-order valence-electron chi connectivity index (χ1n) is 5.81. The van der Waals surface area contributed by atoms with Gasteiger partial charge in [0.15, 0.2) is 5.96 Å². The van der Waals surface area contributed by atoms with Gasteiger partial charge in [0, 0.05) is 27.2 Å². The van der Waals surface area contributed by atoms with Crippen LogP contribution in [0.2, 0.25) is 0 Å². The van der Waals surface area contributed by atoms with Gasteiger partial charge in [-0.1, -0.05) is 12.8 Å². The second kappa shape index (κ2) is 6.35. The molecule has 1 aliphatic carbocycles. The molecule has 0 heterocycles. The molecule has 1 aliphatic rings. The van der Waals surface area contributed by atoms with Crippen LogP contribution in [0.4, 0.5) is 0 Å². The van der Waals surface area contributed by atoms with Gasteiger partial charge in [-0.15, -0.1) is 0 Å².